The summed E-state index contributed by atoms with van der Waals surface area (Å²) in [4.78, 5) is 29.8. The molecule has 0 aromatic heterocycles. The maximum Gasteiger partial charge on any atom is 0.254 e. The van der Waals surface area contributed by atoms with E-state index >= 15 is 0 Å². The lowest BCUT2D eigenvalue weighted by atomic mass is 9.77. The molecule has 3 aromatic carbocycles. The number of aliphatic hydroxyl groups is 1. The largest absolute Gasteiger partial charge is 0.393 e. The van der Waals surface area contributed by atoms with Gasteiger partial charge in [-0.15, -0.1) is 0 Å². The second-order valence-electron chi connectivity index (χ2n) is 9.88. The lowest BCUT2D eigenvalue weighted by Gasteiger charge is -2.47. The minimum Gasteiger partial charge on any atom is -0.393 e. The zero-order valence-electron chi connectivity index (χ0n) is 20.4. The molecule has 0 spiro atoms. The highest BCUT2D eigenvalue weighted by Crippen LogP contribution is 2.47. The van der Waals surface area contributed by atoms with Crippen molar-refractivity contribution in [2.75, 3.05) is 6.54 Å². The average molecular weight is 537 g/mol. The number of rotatable bonds is 6. The third kappa shape index (κ3) is 5.40. The van der Waals surface area contributed by atoms with Crippen LogP contribution in [0.25, 0.3) is 0 Å². The van der Waals surface area contributed by atoms with Crippen molar-refractivity contribution < 1.29 is 14.7 Å². The molecule has 3 aromatic rings. The van der Waals surface area contributed by atoms with Gasteiger partial charge < -0.3 is 15.3 Å². The van der Waals surface area contributed by atoms with Gasteiger partial charge in [-0.05, 0) is 67.0 Å². The van der Waals surface area contributed by atoms with Crippen LogP contribution in [0.4, 0.5) is 0 Å². The summed E-state index contributed by atoms with van der Waals surface area (Å²) in [6.07, 6.45) is 2.91. The van der Waals surface area contributed by atoms with E-state index in [4.69, 9.17) is 23.2 Å². The van der Waals surface area contributed by atoms with Gasteiger partial charge in [0.05, 0.1) is 18.1 Å². The fraction of sp³-hybridized carbons (Fsp3) is 0.333. The lowest BCUT2D eigenvalue weighted by Crippen LogP contribution is -2.52. The van der Waals surface area contributed by atoms with Crippen LogP contribution in [-0.2, 0) is 11.2 Å². The molecule has 0 saturated heterocycles. The van der Waals surface area contributed by atoms with E-state index in [1.165, 1.54) is 0 Å². The predicted octanol–water partition coefficient (Wildman–Crippen LogP) is 5.94. The van der Waals surface area contributed by atoms with E-state index in [0.717, 1.165) is 5.56 Å². The van der Waals surface area contributed by atoms with Gasteiger partial charge in [0.15, 0.2) is 0 Å². The van der Waals surface area contributed by atoms with Crippen LogP contribution < -0.4 is 5.32 Å². The number of nitrogens with zero attached hydrogens (tertiary/aromatic N) is 1. The molecule has 37 heavy (non-hydrogen) atoms. The Hall–Kier alpha value is -2.86. The van der Waals surface area contributed by atoms with Crippen LogP contribution in [-0.4, -0.2) is 40.5 Å². The highest BCUT2D eigenvalue weighted by molar-refractivity contribution is 6.35. The minimum absolute atomic E-state index is 0.110. The number of halogens is 2. The van der Waals surface area contributed by atoms with E-state index in [1.807, 2.05) is 59.5 Å². The molecule has 1 saturated carbocycles. The Balaban J connectivity index is 1.55. The molecule has 192 valence electrons. The maximum atomic E-state index is 14.0. The molecule has 2 aliphatic rings. The molecule has 1 aliphatic heterocycles. The highest BCUT2D eigenvalue weighted by atomic mass is 35.5. The summed E-state index contributed by atoms with van der Waals surface area (Å²) in [7, 11) is 0. The summed E-state index contributed by atoms with van der Waals surface area (Å²) in [6, 6.07) is 21.9. The van der Waals surface area contributed by atoms with Gasteiger partial charge in [0.1, 0.15) is 0 Å². The molecule has 7 heteroatoms. The number of hydrogen-bond acceptors (Lipinski definition) is 3. The van der Waals surface area contributed by atoms with E-state index in [9.17, 15) is 14.7 Å². The SMILES string of the molecule is O=C(NCCc1ccccc1)[C@@H]1c2ccccc2C(=O)N(C2CCC(O)CC2)[C@H]1c1ccc(Cl)cc1Cl. The first-order valence-corrected chi connectivity index (χ1v) is 13.6. The van der Waals surface area contributed by atoms with Crippen LogP contribution in [0.2, 0.25) is 10.0 Å². The van der Waals surface area contributed by atoms with E-state index in [0.29, 0.717) is 65.4 Å². The molecular formula is C30H30Cl2N2O3. The molecule has 1 fully saturated rings. The second-order valence-corrected chi connectivity index (χ2v) is 10.7. The number of amides is 2. The fourth-order valence-corrected chi connectivity index (χ4v) is 6.25. The number of fused-ring (bicyclic) bond motifs is 1. The van der Waals surface area contributed by atoms with Gasteiger partial charge >= 0.3 is 0 Å². The van der Waals surface area contributed by atoms with Crippen LogP contribution in [0.1, 0.15) is 64.7 Å². The van der Waals surface area contributed by atoms with Gasteiger partial charge in [-0.2, -0.15) is 0 Å². The molecule has 0 unspecified atom stereocenters. The Morgan fingerprint density at radius 3 is 2.35 bits per heavy atom. The topological polar surface area (TPSA) is 69.6 Å². The number of carbonyl (C=O) groups is 2. The summed E-state index contributed by atoms with van der Waals surface area (Å²) < 4.78 is 0. The molecule has 5 rings (SSSR count). The maximum absolute atomic E-state index is 14.0. The monoisotopic (exact) mass is 536 g/mol. The van der Waals surface area contributed by atoms with Gasteiger partial charge in [0.25, 0.3) is 5.91 Å². The van der Waals surface area contributed by atoms with Crippen molar-refractivity contribution in [3.05, 3.63) is 105 Å². The second kappa shape index (κ2) is 11.3. The molecule has 0 radical (unpaired) electrons. The first kappa shape index (κ1) is 25.8. The van der Waals surface area contributed by atoms with E-state index < -0.39 is 12.0 Å². The summed E-state index contributed by atoms with van der Waals surface area (Å²) in [5.74, 6) is -0.899. The number of benzene rings is 3. The first-order chi connectivity index (χ1) is 17.9. The predicted molar refractivity (Wildman–Crippen MR) is 146 cm³/mol. The lowest BCUT2D eigenvalue weighted by molar-refractivity contribution is -0.124. The Morgan fingerprint density at radius 1 is 0.919 bits per heavy atom. The Morgan fingerprint density at radius 2 is 1.62 bits per heavy atom. The van der Waals surface area contributed by atoms with Crippen LogP contribution in [0.5, 0.6) is 0 Å². The van der Waals surface area contributed by atoms with Gasteiger partial charge in [0.2, 0.25) is 5.91 Å². The molecule has 1 aliphatic carbocycles. The first-order valence-electron chi connectivity index (χ1n) is 12.8. The quantitative estimate of drug-likeness (QED) is 0.409. The average Bonchev–Trinajstić information content (AvgIpc) is 2.90. The smallest absolute Gasteiger partial charge is 0.254 e. The molecule has 5 nitrogen and oxygen atoms in total. The Bertz CT molecular complexity index is 1270. The summed E-state index contributed by atoms with van der Waals surface area (Å²) >= 11 is 12.9. The Labute approximate surface area is 227 Å². The van der Waals surface area contributed by atoms with Gasteiger partial charge in [-0.25, -0.2) is 0 Å². The molecule has 0 bridgehead atoms. The molecule has 2 atom stereocenters. The summed E-state index contributed by atoms with van der Waals surface area (Å²) in [5, 5.41) is 14.2. The number of aliphatic hydroxyl groups excluding tert-OH is 1. The van der Waals surface area contributed by atoms with Crippen molar-refractivity contribution in [3.8, 4) is 0 Å². The highest BCUT2D eigenvalue weighted by Gasteiger charge is 2.47. The van der Waals surface area contributed by atoms with Crippen LogP contribution in [0, 0.1) is 0 Å². The van der Waals surface area contributed by atoms with E-state index in [1.54, 1.807) is 18.2 Å². The summed E-state index contributed by atoms with van der Waals surface area (Å²) in [6.45, 7) is 0.478. The van der Waals surface area contributed by atoms with Crippen molar-refractivity contribution in [2.45, 2.75) is 56.2 Å². The van der Waals surface area contributed by atoms with E-state index in [-0.39, 0.29) is 24.0 Å². The standard InChI is InChI=1S/C30H30Cl2N2O3/c31-20-10-15-25(26(32)18-20)28-27(29(36)33-17-16-19-6-2-1-3-7-19)23-8-4-5-9-24(23)30(37)34(28)21-11-13-22(35)14-12-21/h1-10,15,18,21-22,27-28,35H,11-14,16-17H2,(H,33,36)/t21?,22?,27-,28+/m1/s1. The fourth-order valence-electron chi connectivity index (χ4n) is 5.73. The van der Waals surface area contributed by atoms with Crippen LogP contribution in [0.3, 0.4) is 0 Å². The van der Waals surface area contributed by atoms with Crippen LogP contribution in [0.15, 0.2) is 72.8 Å². The van der Waals surface area contributed by atoms with Crippen molar-refractivity contribution >= 4 is 35.0 Å². The normalized spacial score (nSPS) is 23.4. The number of carbonyl (C=O) groups excluding carboxylic acids is 2. The number of nitrogens with one attached hydrogen (secondary N) is 1. The Kier molecular flexibility index (Phi) is 7.84. The zero-order chi connectivity index (χ0) is 25.9. The molecule has 1 heterocycles. The van der Waals surface area contributed by atoms with Crippen molar-refractivity contribution in [3.63, 3.8) is 0 Å². The van der Waals surface area contributed by atoms with Gasteiger partial charge in [-0.1, -0.05) is 77.8 Å². The van der Waals surface area contributed by atoms with Crippen molar-refractivity contribution in [1.29, 1.82) is 0 Å². The van der Waals surface area contributed by atoms with E-state index in [2.05, 4.69) is 5.32 Å². The zero-order valence-corrected chi connectivity index (χ0v) is 22.0. The van der Waals surface area contributed by atoms with Crippen molar-refractivity contribution in [1.82, 2.24) is 10.2 Å². The molecule has 2 N–H and O–H groups in total. The van der Waals surface area contributed by atoms with Gasteiger partial charge in [0, 0.05) is 28.2 Å². The van der Waals surface area contributed by atoms with Crippen molar-refractivity contribution in [2.24, 2.45) is 0 Å². The number of hydrogen-bond donors (Lipinski definition) is 2. The van der Waals surface area contributed by atoms with Gasteiger partial charge in [-0.3, -0.25) is 9.59 Å². The molecular weight excluding hydrogens is 507 g/mol. The van der Waals surface area contributed by atoms with Crippen LogP contribution >= 0.6 is 23.2 Å². The third-order valence-corrected chi connectivity index (χ3v) is 8.12. The minimum atomic E-state index is -0.643. The molecule has 2 amide bonds. The summed E-state index contributed by atoms with van der Waals surface area (Å²) in [5.41, 5.74) is 3.08. The third-order valence-electron chi connectivity index (χ3n) is 7.56.